The van der Waals surface area contributed by atoms with Gasteiger partial charge in [-0.3, -0.25) is 0 Å². The number of anilines is 1. The Morgan fingerprint density at radius 2 is 2.00 bits per heavy atom. The second-order valence-electron chi connectivity index (χ2n) is 5.54. The lowest BCUT2D eigenvalue weighted by Gasteiger charge is -2.16. The highest BCUT2D eigenvalue weighted by molar-refractivity contribution is 9.10. The summed E-state index contributed by atoms with van der Waals surface area (Å²) in [5.74, 6) is 1.46. The van der Waals surface area contributed by atoms with Crippen molar-refractivity contribution in [1.29, 1.82) is 0 Å². The Bertz CT molecular complexity index is 713. The van der Waals surface area contributed by atoms with Crippen molar-refractivity contribution in [2.75, 3.05) is 18.5 Å². The van der Waals surface area contributed by atoms with Crippen LogP contribution in [0.15, 0.2) is 47.5 Å². The number of rotatable bonds is 8. The van der Waals surface area contributed by atoms with Crippen LogP contribution in [0.2, 0.25) is 0 Å². The van der Waals surface area contributed by atoms with E-state index in [9.17, 15) is 0 Å². The summed E-state index contributed by atoms with van der Waals surface area (Å²) in [4.78, 5) is 0. The molecule has 2 aromatic rings. The van der Waals surface area contributed by atoms with Crippen molar-refractivity contribution in [3.05, 3.63) is 64.1 Å². The van der Waals surface area contributed by atoms with E-state index in [1.165, 1.54) is 11.1 Å². The summed E-state index contributed by atoms with van der Waals surface area (Å²) in [6.45, 7) is 11.6. The Balaban J connectivity index is 2.21. The van der Waals surface area contributed by atoms with Crippen LogP contribution in [0.3, 0.4) is 0 Å². The molecular weight excluding hydrogens is 366 g/mol. The Kier molecular flexibility index (Phi) is 6.73. The standard InChI is InChI=1S/C20H24BrNO2/c1-5-10-24-20-17(21)11-16(12-19(20)23-6-2)13-22-18-9-7-8-14(3)15(18)4/h5,7-9,11-12,22H,1,6,10,13H2,2-4H3. The third-order valence-corrected chi connectivity index (χ3v) is 4.39. The summed E-state index contributed by atoms with van der Waals surface area (Å²) >= 11 is 3.58. The molecule has 3 nitrogen and oxygen atoms in total. The van der Waals surface area contributed by atoms with Crippen LogP contribution >= 0.6 is 15.9 Å². The number of aryl methyl sites for hydroxylation is 1. The number of hydrogen-bond acceptors (Lipinski definition) is 3. The quantitative estimate of drug-likeness (QED) is 0.592. The average molecular weight is 390 g/mol. The first-order chi connectivity index (χ1) is 11.6. The van der Waals surface area contributed by atoms with E-state index in [2.05, 4.69) is 65.9 Å². The normalized spacial score (nSPS) is 10.3. The van der Waals surface area contributed by atoms with Gasteiger partial charge >= 0.3 is 0 Å². The Morgan fingerprint density at radius 3 is 2.71 bits per heavy atom. The molecule has 0 saturated heterocycles. The number of nitrogens with one attached hydrogen (secondary N) is 1. The smallest absolute Gasteiger partial charge is 0.175 e. The summed E-state index contributed by atoms with van der Waals surface area (Å²) in [5, 5.41) is 3.50. The predicted molar refractivity (Wildman–Crippen MR) is 104 cm³/mol. The Labute approximate surface area is 152 Å². The van der Waals surface area contributed by atoms with Crippen molar-refractivity contribution >= 4 is 21.6 Å². The van der Waals surface area contributed by atoms with Gasteiger partial charge in [-0.1, -0.05) is 24.8 Å². The fourth-order valence-electron chi connectivity index (χ4n) is 2.41. The molecule has 0 amide bonds. The molecule has 0 aromatic heterocycles. The van der Waals surface area contributed by atoms with E-state index in [0.29, 0.717) is 25.5 Å². The van der Waals surface area contributed by atoms with Gasteiger partial charge in [-0.2, -0.15) is 0 Å². The van der Waals surface area contributed by atoms with Crippen LogP contribution in [0.5, 0.6) is 11.5 Å². The molecular formula is C20H24BrNO2. The number of halogens is 1. The highest BCUT2D eigenvalue weighted by atomic mass is 79.9. The van der Waals surface area contributed by atoms with Crippen LogP contribution in [0, 0.1) is 13.8 Å². The van der Waals surface area contributed by atoms with E-state index in [1.54, 1.807) is 6.08 Å². The van der Waals surface area contributed by atoms with Crippen LogP contribution in [-0.2, 0) is 6.54 Å². The molecule has 4 heteroatoms. The summed E-state index contributed by atoms with van der Waals surface area (Å²) in [6.07, 6.45) is 1.72. The molecule has 0 atom stereocenters. The number of hydrogen-bond donors (Lipinski definition) is 1. The van der Waals surface area contributed by atoms with E-state index < -0.39 is 0 Å². The van der Waals surface area contributed by atoms with Gasteiger partial charge in [0.1, 0.15) is 6.61 Å². The lowest BCUT2D eigenvalue weighted by Crippen LogP contribution is -2.04. The Hall–Kier alpha value is -1.94. The van der Waals surface area contributed by atoms with Gasteiger partial charge in [0, 0.05) is 12.2 Å². The molecule has 0 radical (unpaired) electrons. The van der Waals surface area contributed by atoms with Crippen molar-refractivity contribution < 1.29 is 9.47 Å². The lowest BCUT2D eigenvalue weighted by atomic mass is 10.1. The van der Waals surface area contributed by atoms with Gasteiger partial charge in [0.25, 0.3) is 0 Å². The first-order valence-corrected chi connectivity index (χ1v) is 8.85. The minimum absolute atomic E-state index is 0.443. The molecule has 0 heterocycles. The summed E-state index contributed by atoms with van der Waals surface area (Å²) in [7, 11) is 0. The largest absolute Gasteiger partial charge is 0.490 e. The van der Waals surface area contributed by atoms with Crippen molar-refractivity contribution in [3.63, 3.8) is 0 Å². The van der Waals surface area contributed by atoms with Crippen molar-refractivity contribution in [2.24, 2.45) is 0 Å². The SMILES string of the molecule is C=CCOc1c(Br)cc(CNc2cccc(C)c2C)cc1OCC. The van der Waals surface area contributed by atoms with Crippen LogP contribution in [0.4, 0.5) is 5.69 Å². The topological polar surface area (TPSA) is 30.5 Å². The lowest BCUT2D eigenvalue weighted by molar-refractivity contribution is 0.295. The third-order valence-electron chi connectivity index (χ3n) is 3.80. The van der Waals surface area contributed by atoms with Gasteiger partial charge in [0.15, 0.2) is 11.5 Å². The molecule has 0 aliphatic heterocycles. The van der Waals surface area contributed by atoms with Gasteiger partial charge in [0.05, 0.1) is 11.1 Å². The molecule has 24 heavy (non-hydrogen) atoms. The highest BCUT2D eigenvalue weighted by Crippen LogP contribution is 2.37. The van der Waals surface area contributed by atoms with Crippen LogP contribution in [0.1, 0.15) is 23.6 Å². The van der Waals surface area contributed by atoms with E-state index in [4.69, 9.17) is 9.47 Å². The molecule has 0 saturated carbocycles. The molecule has 0 fully saturated rings. The molecule has 0 aliphatic carbocycles. The minimum Gasteiger partial charge on any atom is -0.490 e. The maximum atomic E-state index is 5.73. The monoisotopic (exact) mass is 389 g/mol. The molecule has 0 unspecified atom stereocenters. The van der Waals surface area contributed by atoms with Crippen molar-refractivity contribution in [3.8, 4) is 11.5 Å². The second kappa shape index (κ2) is 8.78. The maximum absolute atomic E-state index is 5.73. The molecule has 0 bridgehead atoms. The van der Waals surface area contributed by atoms with Crippen LogP contribution < -0.4 is 14.8 Å². The maximum Gasteiger partial charge on any atom is 0.175 e. The zero-order valence-electron chi connectivity index (χ0n) is 14.5. The molecule has 2 rings (SSSR count). The van der Waals surface area contributed by atoms with E-state index in [1.807, 2.05) is 13.0 Å². The fraction of sp³-hybridized carbons (Fsp3) is 0.300. The van der Waals surface area contributed by atoms with Crippen molar-refractivity contribution in [2.45, 2.75) is 27.3 Å². The summed E-state index contributed by atoms with van der Waals surface area (Å²) < 4.78 is 12.3. The average Bonchev–Trinajstić information content (AvgIpc) is 2.56. The van der Waals surface area contributed by atoms with Crippen LogP contribution in [-0.4, -0.2) is 13.2 Å². The van der Waals surface area contributed by atoms with E-state index in [-0.39, 0.29) is 0 Å². The van der Waals surface area contributed by atoms with Crippen molar-refractivity contribution in [1.82, 2.24) is 0 Å². The molecule has 128 valence electrons. The van der Waals surface area contributed by atoms with Gasteiger partial charge in [-0.15, -0.1) is 0 Å². The summed E-state index contributed by atoms with van der Waals surface area (Å²) in [5.41, 5.74) is 4.82. The fourth-order valence-corrected chi connectivity index (χ4v) is 3.01. The van der Waals surface area contributed by atoms with Gasteiger partial charge in [-0.05, 0) is 71.6 Å². The highest BCUT2D eigenvalue weighted by Gasteiger charge is 2.12. The van der Waals surface area contributed by atoms with Gasteiger partial charge in [-0.25, -0.2) is 0 Å². The second-order valence-corrected chi connectivity index (χ2v) is 6.39. The molecule has 0 spiro atoms. The predicted octanol–water partition coefficient (Wildman–Crippen LogP) is 5.64. The molecule has 1 N–H and O–H groups in total. The number of ether oxygens (including phenoxy) is 2. The number of benzene rings is 2. The van der Waals surface area contributed by atoms with E-state index in [0.717, 1.165) is 21.5 Å². The zero-order chi connectivity index (χ0) is 17.5. The third kappa shape index (κ3) is 4.54. The van der Waals surface area contributed by atoms with E-state index >= 15 is 0 Å². The first-order valence-electron chi connectivity index (χ1n) is 8.05. The first kappa shape index (κ1) is 18.4. The van der Waals surface area contributed by atoms with Crippen LogP contribution in [0.25, 0.3) is 0 Å². The molecule has 0 aliphatic rings. The molecule has 2 aromatic carbocycles. The minimum atomic E-state index is 0.443. The zero-order valence-corrected chi connectivity index (χ0v) is 16.1. The summed E-state index contributed by atoms with van der Waals surface area (Å²) in [6, 6.07) is 10.4. The van der Waals surface area contributed by atoms with Gasteiger partial charge in [0.2, 0.25) is 0 Å². The Morgan fingerprint density at radius 1 is 1.21 bits per heavy atom. The van der Waals surface area contributed by atoms with Gasteiger partial charge < -0.3 is 14.8 Å².